The van der Waals surface area contributed by atoms with Gasteiger partial charge in [-0.1, -0.05) is 89.5 Å². The number of benzene rings is 2. The summed E-state index contributed by atoms with van der Waals surface area (Å²) in [6.07, 6.45) is 15.1. The second-order valence-corrected chi connectivity index (χ2v) is 10.9. The van der Waals surface area contributed by atoms with Gasteiger partial charge in [0, 0.05) is 12.8 Å². The minimum atomic E-state index is -0.364. The van der Waals surface area contributed by atoms with Crippen LogP contribution in [0.15, 0.2) is 48.5 Å². The third-order valence-electron chi connectivity index (χ3n) is 7.66. The van der Waals surface area contributed by atoms with Crippen molar-refractivity contribution >= 4 is 11.9 Å². The van der Waals surface area contributed by atoms with E-state index in [1.807, 2.05) is 38.1 Å². The Morgan fingerprint density at radius 3 is 2.05 bits per heavy atom. The monoisotopic (exact) mass is 506 g/mol. The molecule has 0 bridgehead atoms. The van der Waals surface area contributed by atoms with Gasteiger partial charge in [0.2, 0.25) is 0 Å². The van der Waals surface area contributed by atoms with Crippen LogP contribution in [0.2, 0.25) is 0 Å². The molecule has 4 nitrogen and oxygen atoms in total. The quantitative estimate of drug-likeness (QED) is 0.146. The maximum Gasteiger partial charge on any atom is 0.343 e. The maximum atomic E-state index is 12.6. The molecule has 0 saturated heterocycles. The van der Waals surface area contributed by atoms with Gasteiger partial charge >= 0.3 is 11.9 Å². The number of aryl methyl sites for hydroxylation is 1. The van der Waals surface area contributed by atoms with Crippen molar-refractivity contribution < 1.29 is 19.1 Å². The van der Waals surface area contributed by atoms with E-state index < -0.39 is 0 Å². The molecule has 1 fully saturated rings. The predicted molar refractivity (Wildman–Crippen MR) is 150 cm³/mol. The molecule has 0 N–H and O–H groups in total. The molecule has 1 aliphatic carbocycles. The second kappa shape index (κ2) is 15.6. The summed E-state index contributed by atoms with van der Waals surface area (Å²) in [5.41, 5.74) is 2.83. The van der Waals surface area contributed by atoms with Crippen LogP contribution in [0.5, 0.6) is 5.75 Å². The van der Waals surface area contributed by atoms with E-state index in [-0.39, 0.29) is 18.0 Å². The Morgan fingerprint density at radius 2 is 1.43 bits per heavy atom. The van der Waals surface area contributed by atoms with Crippen LogP contribution in [-0.4, -0.2) is 18.0 Å². The first-order valence-corrected chi connectivity index (χ1v) is 14.6. The number of hydrogen-bond donors (Lipinski definition) is 0. The minimum absolute atomic E-state index is 0.165. The Labute approximate surface area is 224 Å². The van der Waals surface area contributed by atoms with Crippen molar-refractivity contribution in [2.75, 3.05) is 0 Å². The highest BCUT2D eigenvalue weighted by molar-refractivity contribution is 5.91. The lowest BCUT2D eigenvalue weighted by atomic mass is 9.78. The molecule has 0 amide bonds. The zero-order chi connectivity index (χ0) is 26.5. The van der Waals surface area contributed by atoms with Crippen LogP contribution in [0.3, 0.4) is 0 Å². The molecule has 3 rings (SSSR count). The number of esters is 2. The summed E-state index contributed by atoms with van der Waals surface area (Å²) in [5, 5.41) is 0. The third kappa shape index (κ3) is 10.3. The topological polar surface area (TPSA) is 52.6 Å². The molecule has 1 atom stereocenters. The molecule has 1 saturated carbocycles. The zero-order valence-electron chi connectivity index (χ0n) is 23.2. The molecule has 1 aliphatic rings. The lowest BCUT2D eigenvalue weighted by molar-refractivity contribution is -0.148. The van der Waals surface area contributed by atoms with Crippen LogP contribution < -0.4 is 4.74 Å². The highest BCUT2D eigenvalue weighted by atomic mass is 16.5. The fourth-order valence-corrected chi connectivity index (χ4v) is 5.39. The predicted octanol–water partition coefficient (Wildman–Crippen LogP) is 8.50. The van der Waals surface area contributed by atoms with E-state index in [0.29, 0.717) is 24.2 Å². The van der Waals surface area contributed by atoms with E-state index in [1.54, 1.807) is 12.1 Å². The summed E-state index contributed by atoms with van der Waals surface area (Å²) < 4.78 is 11.0. The molecule has 0 radical (unpaired) electrons. The largest absolute Gasteiger partial charge is 0.462 e. The summed E-state index contributed by atoms with van der Waals surface area (Å²) in [5.74, 6) is 1.86. The van der Waals surface area contributed by atoms with Crippen molar-refractivity contribution in [1.29, 1.82) is 0 Å². The molecular formula is C33H46O4. The van der Waals surface area contributed by atoms with Gasteiger partial charge in [0.1, 0.15) is 11.9 Å². The Kier molecular flexibility index (Phi) is 12.2. The first-order chi connectivity index (χ1) is 18.0. The van der Waals surface area contributed by atoms with Gasteiger partial charge in [-0.15, -0.1) is 0 Å². The van der Waals surface area contributed by atoms with Crippen LogP contribution in [0.1, 0.15) is 113 Å². The molecule has 0 heterocycles. The second-order valence-electron chi connectivity index (χ2n) is 10.9. The molecule has 1 unspecified atom stereocenters. The third-order valence-corrected chi connectivity index (χ3v) is 7.66. The van der Waals surface area contributed by atoms with E-state index in [0.717, 1.165) is 30.2 Å². The smallest absolute Gasteiger partial charge is 0.343 e. The summed E-state index contributed by atoms with van der Waals surface area (Å²) in [6.45, 7) is 6.13. The average molecular weight is 507 g/mol. The van der Waals surface area contributed by atoms with Crippen molar-refractivity contribution in [3.63, 3.8) is 0 Å². The number of carbonyl (C=O) groups is 2. The number of hydrogen-bond acceptors (Lipinski definition) is 4. The van der Waals surface area contributed by atoms with Gasteiger partial charge in [0.25, 0.3) is 0 Å². The van der Waals surface area contributed by atoms with Crippen LogP contribution in [0.4, 0.5) is 0 Å². The molecule has 4 heteroatoms. The highest BCUT2D eigenvalue weighted by Gasteiger charge is 2.20. The van der Waals surface area contributed by atoms with Crippen molar-refractivity contribution in [2.24, 2.45) is 11.8 Å². The Morgan fingerprint density at radius 1 is 0.811 bits per heavy atom. The minimum Gasteiger partial charge on any atom is -0.462 e. The van der Waals surface area contributed by atoms with E-state index in [2.05, 4.69) is 19.1 Å². The summed E-state index contributed by atoms with van der Waals surface area (Å²) in [4.78, 5) is 24.3. The van der Waals surface area contributed by atoms with Gasteiger partial charge < -0.3 is 9.47 Å². The van der Waals surface area contributed by atoms with E-state index in [1.165, 1.54) is 63.4 Å². The average Bonchev–Trinajstić information content (AvgIpc) is 2.89. The van der Waals surface area contributed by atoms with E-state index in [9.17, 15) is 9.59 Å². The first-order valence-electron chi connectivity index (χ1n) is 14.6. The normalized spacial score (nSPS) is 18.2. The van der Waals surface area contributed by atoms with Crippen molar-refractivity contribution in [3.8, 4) is 5.75 Å². The summed E-state index contributed by atoms with van der Waals surface area (Å²) >= 11 is 0. The van der Waals surface area contributed by atoms with Crippen LogP contribution in [0, 0.1) is 11.8 Å². The number of rotatable bonds is 14. The van der Waals surface area contributed by atoms with Crippen molar-refractivity contribution in [3.05, 3.63) is 65.2 Å². The molecule has 0 spiro atoms. The standard InChI is InChI=1S/C33H46O4/c1-4-6-7-9-26-10-12-27(13-11-26)14-15-28-18-22-31(23-19-28)37-33(35)30-20-16-29(17-21-30)24-25(3)36-32(34)8-5-2/h16-23,25-27H,4-15,24H2,1-3H3. The fraction of sp³-hybridized carbons (Fsp3) is 0.576. The lowest BCUT2D eigenvalue weighted by Crippen LogP contribution is -2.17. The van der Waals surface area contributed by atoms with Crippen LogP contribution >= 0.6 is 0 Å². The highest BCUT2D eigenvalue weighted by Crippen LogP contribution is 2.34. The lowest BCUT2D eigenvalue weighted by Gasteiger charge is -2.28. The Hall–Kier alpha value is -2.62. The van der Waals surface area contributed by atoms with E-state index >= 15 is 0 Å². The van der Waals surface area contributed by atoms with Gasteiger partial charge in [0.15, 0.2) is 0 Å². The molecule has 0 aliphatic heterocycles. The number of carbonyl (C=O) groups excluding carboxylic acids is 2. The van der Waals surface area contributed by atoms with Crippen molar-refractivity contribution in [2.45, 2.75) is 110 Å². The maximum absolute atomic E-state index is 12.6. The fourth-order valence-electron chi connectivity index (χ4n) is 5.39. The van der Waals surface area contributed by atoms with Gasteiger partial charge in [-0.25, -0.2) is 4.79 Å². The van der Waals surface area contributed by atoms with Gasteiger partial charge in [-0.2, -0.15) is 0 Å². The Balaban J connectivity index is 1.39. The summed E-state index contributed by atoms with van der Waals surface area (Å²) in [6, 6.07) is 15.3. The Bertz CT molecular complexity index is 939. The van der Waals surface area contributed by atoms with Gasteiger partial charge in [0.05, 0.1) is 5.56 Å². The van der Waals surface area contributed by atoms with Gasteiger partial charge in [-0.05, 0) is 73.4 Å². The number of unbranched alkanes of at least 4 members (excludes halogenated alkanes) is 2. The molecule has 2 aromatic carbocycles. The van der Waals surface area contributed by atoms with E-state index in [4.69, 9.17) is 9.47 Å². The molecule has 37 heavy (non-hydrogen) atoms. The molecule has 0 aromatic heterocycles. The SMILES string of the molecule is CCCCCC1CCC(CCc2ccc(OC(=O)c3ccc(CC(C)OC(=O)CCC)cc3)cc2)CC1. The molecular weight excluding hydrogens is 460 g/mol. The van der Waals surface area contributed by atoms with Crippen molar-refractivity contribution in [1.82, 2.24) is 0 Å². The van der Waals surface area contributed by atoms with Crippen LogP contribution in [-0.2, 0) is 22.4 Å². The number of ether oxygens (including phenoxy) is 2. The summed E-state index contributed by atoms with van der Waals surface area (Å²) in [7, 11) is 0. The van der Waals surface area contributed by atoms with Gasteiger partial charge in [-0.3, -0.25) is 4.79 Å². The van der Waals surface area contributed by atoms with Crippen LogP contribution in [0.25, 0.3) is 0 Å². The molecule has 202 valence electrons. The zero-order valence-corrected chi connectivity index (χ0v) is 23.2. The molecule has 2 aromatic rings. The first kappa shape index (κ1) is 28.9.